The first-order valence-electron chi connectivity index (χ1n) is 5.82. The average molecular weight is 224 g/mol. The van der Waals surface area contributed by atoms with Crippen molar-refractivity contribution >= 4 is 0 Å². The number of aromatic nitrogens is 4. The monoisotopic (exact) mass is 224 g/mol. The van der Waals surface area contributed by atoms with Gasteiger partial charge in [0, 0.05) is 18.6 Å². The summed E-state index contributed by atoms with van der Waals surface area (Å²) in [6.07, 6.45) is 2.71. The summed E-state index contributed by atoms with van der Waals surface area (Å²) in [6, 6.07) is 1.37. The van der Waals surface area contributed by atoms with Crippen molar-refractivity contribution in [2.75, 3.05) is 13.6 Å². The third-order valence-electron chi connectivity index (χ3n) is 3.09. The van der Waals surface area contributed by atoms with E-state index in [9.17, 15) is 0 Å². The highest BCUT2D eigenvalue weighted by Gasteiger charge is 2.28. The van der Waals surface area contributed by atoms with Crippen molar-refractivity contribution in [1.82, 2.24) is 30.4 Å². The van der Waals surface area contributed by atoms with Gasteiger partial charge in [-0.2, -0.15) is 4.80 Å². The van der Waals surface area contributed by atoms with Crippen LogP contribution in [0.3, 0.4) is 0 Å². The molecule has 0 radical (unpaired) electrons. The number of tetrazole rings is 1. The summed E-state index contributed by atoms with van der Waals surface area (Å²) in [6.45, 7) is 3.90. The van der Waals surface area contributed by atoms with Crippen LogP contribution in [0.25, 0.3) is 0 Å². The molecule has 16 heavy (non-hydrogen) atoms. The van der Waals surface area contributed by atoms with E-state index in [0.717, 1.165) is 18.4 Å². The molecule has 1 aromatic heterocycles. The van der Waals surface area contributed by atoms with Gasteiger partial charge in [-0.05, 0) is 32.0 Å². The highest BCUT2D eigenvalue weighted by molar-refractivity contribution is 4.86. The molecule has 0 spiro atoms. The lowest BCUT2D eigenvalue weighted by Gasteiger charge is -2.24. The van der Waals surface area contributed by atoms with Crippen molar-refractivity contribution in [2.24, 2.45) is 7.05 Å². The minimum Gasteiger partial charge on any atom is -0.308 e. The molecule has 1 heterocycles. The zero-order chi connectivity index (χ0) is 11.5. The Morgan fingerprint density at radius 3 is 2.88 bits per heavy atom. The fourth-order valence-electron chi connectivity index (χ4n) is 1.77. The predicted octanol–water partition coefficient (Wildman–Crippen LogP) is -0.218. The molecule has 0 bridgehead atoms. The number of aryl methyl sites for hydroxylation is 1. The van der Waals surface area contributed by atoms with Gasteiger partial charge < -0.3 is 5.32 Å². The highest BCUT2D eigenvalue weighted by atomic mass is 15.6. The molecule has 1 aliphatic rings. The maximum absolute atomic E-state index is 4.12. The molecular formula is C10H20N6. The van der Waals surface area contributed by atoms with E-state index in [1.54, 1.807) is 7.05 Å². The van der Waals surface area contributed by atoms with Crippen LogP contribution in [0.5, 0.6) is 0 Å². The summed E-state index contributed by atoms with van der Waals surface area (Å²) in [5.74, 6) is 0.753. The molecule has 1 unspecified atom stereocenters. The van der Waals surface area contributed by atoms with Crippen molar-refractivity contribution in [2.45, 2.75) is 38.4 Å². The Morgan fingerprint density at radius 2 is 2.31 bits per heavy atom. The summed E-state index contributed by atoms with van der Waals surface area (Å²) < 4.78 is 0. The second kappa shape index (κ2) is 4.88. The Bertz CT molecular complexity index is 332. The minimum atomic E-state index is 0.559. The van der Waals surface area contributed by atoms with Crippen LogP contribution in [-0.4, -0.2) is 50.8 Å². The van der Waals surface area contributed by atoms with Gasteiger partial charge in [0.2, 0.25) is 0 Å². The van der Waals surface area contributed by atoms with Crippen LogP contribution in [0.1, 0.15) is 25.6 Å². The number of hydrogen-bond donors (Lipinski definition) is 1. The van der Waals surface area contributed by atoms with E-state index in [0.29, 0.717) is 12.6 Å². The first-order chi connectivity index (χ1) is 7.66. The molecular weight excluding hydrogens is 204 g/mol. The van der Waals surface area contributed by atoms with Gasteiger partial charge in [0.05, 0.1) is 13.6 Å². The summed E-state index contributed by atoms with van der Waals surface area (Å²) in [7, 11) is 3.98. The van der Waals surface area contributed by atoms with Crippen LogP contribution < -0.4 is 5.32 Å². The fraction of sp³-hybridized carbons (Fsp3) is 0.900. The second-order valence-corrected chi connectivity index (χ2v) is 4.57. The number of likely N-dealkylation sites (N-methyl/N-ethyl adjacent to an activating group) is 1. The van der Waals surface area contributed by atoms with Gasteiger partial charge in [0.25, 0.3) is 0 Å². The molecule has 6 nitrogen and oxygen atoms in total. The van der Waals surface area contributed by atoms with Gasteiger partial charge in [0.15, 0.2) is 5.82 Å². The smallest absolute Gasteiger partial charge is 0.188 e. The lowest BCUT2D eigenvalue weighted by molar-refractivity contribution is 0.240. The third-order valence-corrected chi connectivity index (χ3v) is 3.09. The van der Waals surface area contributed by atoms with Crippen molar-refractivity contribution in [3.05, 3.63) is 5.82 Å². The summed E-state index contributed by atoms with van der Waals surface area (Å²) in [5, 5.41) is 15.2. The number of nitrogens with one attached hydrogen (secondary N) is 1. The van der Waals surface area contributed by atoms with Crippen LogP contribution in [0.4, 0.5) is 0 Å². The SMILES string of the molecule is CC(CNCc1nnn(C)n1)N(C)C1CC1. The second-order valence-electron chi connectivity index (χ2n) is 4.57. The van der Waals surface area contributed by atoms with Crippen LogP contribution in [-0.2, 0) is 13.6 Å². The van der Waals surface area contributed by atoms with Crippen LogP contribution in [0, 0.1) is 0 Å². The van der Waals surface area contributed by atoms with E-state index in [4.69, 9.17) is 0 Å². The summed E-state index contributed by atoms with van der Waals surface area (Å²) in [4.78, 5) is 3.92. The molecule has 1 aromatic rings. The van der Waals surface area contributed by atoms with E-state index in [1.807, 2.05) is 0 Å². The topological polar surface area (TPSA) is 58.9 Å². The minimum absolute atomic E-state index is 0.559. The first kappa shape index (κ1) is 11.5. The fourth-order valence-corrected chi connectivity index (χ4v) is 1.77. The molecule has 2 rings (SSSR count). The van der Waals surface area contributed by atoms with E-state index in [2.05, 4.69) is 39.6 Å². The Labute approximate surface area is 96.0 Å². The van der Waals surface area contributed by atoms with E-state index < -0.39 is 0 Å². The normalized spacial score (nSPS) is 18.0. The molecule has 90 valence electrons. The molecule has 1 aliphatic carbocycles. The maximum Gasteiger partial charge on any atom is 0.188 e. The largest absolute Gasteiger partial charge is 0.308 e. The molecule has 1 saturated carbocycles. The predicted molar refractivity (Wildman–Crippen MR) is 60.8 cm³/mol. The van der Waals surface area contributed by atoms with Crippen LogP contribution in [0.15, 0.2) is 0 Å². The van der Waals surface area contributed by atoms with Crippen molar-refractivity contribution in [3.8, 4) is 0 Å². The molecule has 0 amide bonds. The zero-order valence-corrected chi connectivity index (χ0v) is 10.2. The number of nitrogens with zero attached hydrogens (tertiary/aromatic N) is 5. The molecule has 1 N–H and O–H groups in total. The lowest BCUT2D eigenvalue weighted by atomic mass is 10.3. The Morgan fingerprint density at radius 1 is 1.56 bits per heavy atom. The third kappa shape index (κ3) is 2.99. The molecule has 6 heteroatoms. The van der Waals surface area contributed by atoms with Gasteiger partial charge in [-0.25, -0.2) is 0 Å². The first-order valence-corrected chi connectivity index (χ1v) is 5.82. The van der Waals surface area contributed by atoms with Crippen molar-refractivity contribution < 1.29 is 0 Å². The summed E-state index contributed by atoms with van der Waals surface area (Å²) in [5.41, 5.74) is 0. The Kier molecular flexibility index (Phi) is 3.50. The van der Waals surface area contributed by atoms with Gasteiger partial charge in [0.1, 0.15) is 0 Å². The van der Waals surface area contributed by atoms with Gasteiger partial charge in [-0.15, -0.1) is 10.2 Å². The van der Waals surface area contributed by atoms with Crippen LogP contribution in [0.2, 0.25) is 0 Å². The zero-order valence-electron chi connectivity index (χ0n) is 10.2. The summed E-state index contributed by atoms with van der Waals surface area (Å²) >= 11 is 0. The quantitative estimate of drug-likeness (QED) is 0.724. The van der Waals surface area contributed by atoms with E-state index >= 15 is 0 Å². The van der Waals surface area contributed by atoms with Crippen molar-refractivity contribution in [3.63, 3.8) is 0 Å². The standard InChI is InChI=1S/C10H20N6/c1-8(15(2)9-4-5-9)6-11-7-10-12-14-16(3)13-10/h8-9,11H,4-7H2,1-3H3. The van der Waals surface area contributed by atoms with Crippen molar-refractivity contribution in [1.29, 1.82) is 0 Å². The molecule has 0 aliphatic heterocycles. The van der Waals surface area contributed by atoms with Gasteiger partial charge >= 0.3 is 0 Å². The van der Waals surface area contributed by atoms with E-state index in [-0.39, 0.29) is 0 Å². The number of rotatable bonds is 6. The Balaban J connectivity index is 1.67. The number of hydrogen-bond acceptors (Lipinski definition) is 5. The van der Waals surface area contributed by atoms with Crippen LogP contribution >= 0.6 is 0 Å². The Hall–Kier alpha value is -1.01. The maximum atomic E-state index is 4.12. The van der Waals surface area contributed by atoms with E-state index in [1.165, 1.54) is 17.6 Å². The average Bonchev–Trinajstić information content (AvgIpc) is 3.02. The van der Waals surface area contributed by atoms with Gasteiger partial charge in [-0.3, -0.25) is 4.90 Å². The lowest BCUT2D eigenvalue weighted by Crippen LogP contribution is -2.39. The molecule has 1 fully saturated rings. The highest BCUT2D eigenvalue weighted by Crippen LogP contribution is 2.26. The molecule has 0 aromatic carbocycles. The molecule has 0 saturated heterocycles. The molecule has 1 atom stereocenters. The van der Waals surface area contributed by atoms with Gasteiger partial charge in [-0.1, -0.05) is 0 Å².